The lowest BCUT2D eigenvalue weighted by atomic mass is 9.97. The average Bonchev–Trinajstić information content (AvgIpc) is 3.22. The Morgan fingerprint density at radius 1 is 0.949 bits per heavy atom. The average molecular weight is 526 g/mol. The van der Waals surface area contributed by atoms with Crippen molar-refractivity contribution in [3.8, 4) is 11.5 Å². The normalized spacial score (nSPS) is 14.6. The van der Waals surface area contributed by atoms with Crippen LogP contribution in [0.2, 0.25) is 0 Å². The van der Waals surface area contributed by atoms with Gasteiger partial charge in [0.1, 0.15) is 17.1 Å². The van der Waals surface area contributed by atoms with Crippen molar-refractivity contribution in [3.05, 3.63) is 104 Å². The van der Waals surface area contributed by atoms with E-state index in [9.17, 15) is 9.59 Å². The van der Waals surface area contributed by atoms with Crippen LogP contribution in [-0.2, 0) is 6.42 Å². The Labute approximate surface area is 229 Å². The van der Waals surface area contributed by atoms with Gasteiger partial charge in [-0.25, -0.2) is 0 Å². The molecule has 4 aromatic rings. The topological polar surface area (TPSA) is 69.0 Å². The number of hydrogen-bond acceptors (Lipinski definition) is 5. The molecule has 1 atom stereocenters. The maximum Gasteiger partial charge on any atom is 0.290 e. The van der Waals surface area contributed by atoms with E-state index in [1.165, 1.54) is 0 Å². The number of hydrogen-bond donors (Lipinski definition) is 0. The van der Waals surface area contributed by atoms with Gasteiger partial charge in [0.2, 0.25) is 5.76 Å². The van der Waals surface area contributed by atoms with Gasteiger partial charge in [-0.15, -0.1) is 0 Å². The fourth-order valence-electron chi connectivity index (χ4n) is 5.41. The van der Waals surface area contributed by atoms with Crippen molar-refractivity contribution in [1.29, 1.82) is 0 Å². The van der Waals surface area contributed by atoms with Gasteiger partial charge < -0.3 is 18.8 Å². The number of nitrogens with zero attached hydrogens (tertiary/aromatic N) is 1. The van der Waals surface area contributed by atoms with Crippen LogP contribution in [0.4, 0.5) is 0 Å². The highest BCUT2D eigenvalue weighted by Crippen LogP contribution is 2.39. The van der Waals surface area contributed by atoms with E-state index in [0.717, 1.165) is 53.0 Å². The summed E-state index contributed by atoms with van der Waals surface area (Å²) in [7, 11) is 1.64. The summed E-state index contributed by atoms with van der Waals surface area (Å²) >= 11 is 0. The number of unbranched alkanes of at least 4 members (excludes halogenated alkanes) is 2. The molecular formula is C33H35NO5. The highest BCUT2D eigenvalue weighted by molar-refractivity contribution is 5.99. The van der Waals surface area contributed by atoms with Crippen LogP contribution >= 0.6 is 0 Å². The van der Waals surface area contributed by atoms with E-state index in [4.69, 9.17) is 13.9 Å². The summed E-state index contributed by atoms with van der Waals surface area (Å²) < 4.78 is 17.5. The molecule has 39 heavy (non-hydrogen) atoms. The zero-order chi connectivity index (χ0) is 27.5. The van der Waals surface area contributed by atoms with Gasteiger partial charge in [-0.1, -0.05) is 50.1 Å². The zero-order valence-electron chi connectivity index (χ0n) is 23.1. The molecule has 0 radical (unpaired) electrons. The summed E-state index contributed by atoms with van der Waals surface area (Å²) in [5.41, 5.74) is 4.44. The first-order chi connectivity index (χ1) is 18.9. The summed E-state index contributed by atoms with van der Waals surface area (Å²) in [5.74, 6) is 1.38. The van der Waals surface area contributed by atoms with Crippen LogP contribution in [0.5, 0.6) is 11.5 Å². The summed E-state index contributed by atoms with van der Waals surface area (Å²) in [6.45, 7) is 7.08. The van der Waals surface area contributed by atoms with Gasteiger partial charge in [-0.05, 0) is 79.3 Å². The van der Waals surface area contributed by atoms with Gasteiger partial charge in [0.05, 0.1) is 30.7 Å². The van der Waals surface area contributed by atoms with Gasteiger partial charge in [-0.3, -0.25) is 9.59 Å². The fourth-order valence-corrected chi connectivity index (χ4v) is 5.41. The third-order valence-corrected chi connectivity index (χ3v) is 7.39. The van der Waals surface area contributed by atoms with Crippen molar-refractivity contribution in [3.63, 3.8) is 0 Å². The lowest BCUT2D eigenvalue weighted by Gasteiger charge is -2.25. The molecule has 5 rings (SSSR count). The third kappa shape index (κ3) is 5.29. The molecule has 0 aliphatic carbocycles. The van der Waals surface area contributed by atoms with E-state index < -0.39 is 6.04 Å². The molecule has 0 saturated carbocycles. The van der Waals surface area contributed by atoms with Crippen LogP contribution in [0, 0.1) is 13.8 Å². The van der Waals surface area contributed by atoms with E-state index >= 15 is 0 Å². The van der Waals surface area contributed by atoms with Crippen molar-refractivity contribution in [1.82, 2.24) is 4.90 Å². The highest BCUT2D eigenvalue weighted by atomic mass is 16.5. The van der Waals surface area contributed by atoms with Gasteiger partial charge in [0.25, 0.3) is 5.91 Å². The summed E-state index contributed by atoms with van der Waals surface area (Å²) in [5, 5.41) is 0.507. The first-order valence-electron chi connectivity index (χ1n) is 13.7. The second-order valence-corrected chi connectivity index (χ2v) is 10.3. The molecule has 0 fully saturated rings. The van der Waals surface area contributed by atoms with Crippen molar-refractivity contribution in [2.24, 2.45) is 0 Å². The molecule has 1 aromatic heterocycles. The highest BCUT2D eigenvalue weighted by Gasteiger charge is 2.42. The van der Waals surface area contributed by atoms with Crippen LogP contribution in [-0.4, -0.2) is 31.1 Å². The molecule has 0 saturated heterocycles. The van der Waals surface area contributed by atoms with E-state index in [0.29, 0.717) is 36.1 Å². The van der Waals surface area contributed by atoms with Crippen LogP contribution < -0.4 is 14.9 Å². The van der Waals surface area contributed by atoms with Gasteiger partial charge in [0, 0.05) is 6.54 Å². The number of rotatable bonds is 10. The third-order valence-electron chi connectivity index (χ3n) is 7.39. The number of ether oxygens (including phenoxy) is 2. The molecular weight excluding hydrogens is 490 g/mol. The predicted octanol–water partition coefficient (Wildman–Crippen LogP) is 6.78. The SMILES string of the molecule is CCCCCOc1cccc(C2c3c(oc4c(C)cc(C)cc4c3=O)C(=O)N2CCc2ccc(OC)cc2)c1. The lowest BCUT2D eigenvalue weighted by Crippen LogP contribution is -2.31. The Morgan fingerprint density at radius 2 is 1.74 bits per heavy atom. The number of fused-ring (bicyclic) bond motifs is 2. The molecule has 3 aromatic carbocycles. The second-order valence-electron chi connectivity index (χ2n) is 10.3. The largest absolute Gasteiger partial charge is 0.497 e. The summed E-state index contributed by atoms with van der Waals surface area (Å²) in [4.78, 5) is 29.6. The molecule has 0 bridgehead atoms. The van der Waals surface area contributed by atoms with Crippen LogP contribution in [0.15, 0.2) is 69.9 Å². The second kappa shape index (κ2) is 11.4. The van der Waals surface area contributed by atoms with Crippen molar-refractivity contribution >= 4 is 16.9 Å². The molecule has 202 valence electrons. The Bertz CT molecular complexity index is 1550. The van der Waals surface area contributed by atoms with E-state index in [2.05, 4.69) is 6.92 Å². The van der Waals surface area contributed by atoms with Crippen LogP contribution in [0.3, 0.4) is 0 Å². The molecule has 0 spiro atoms. The minimum absolute atomic E-state index is 0.133. The van der Waals surface area contributed by atoms with Crippen LogP contribution in [0.25, 0.3) is 11.0 Å². The number of aryl methyl sites for hydroxylation is 2. The summed E-state index contributed by atoms with van der Waals surface area (Å²) in [6, 6.07) is 18.8. The smallest absolute Gasteiger partial charge is 0.290 e. The van der Waals surface area contributed by atoms with E-state index in [-0.39, 0.29) is 17.1 Å². The van der Waals surface area contributed by atoms with Crippen LogP contribution in [0.1, 0.15) is 70.6 Å². The number of methoxy groups -OCH3 is 1. The molecule has 0 N–H and O–H groups in total. The van der Waals surface area contributed by atoms with Crippen molar-refractivity contribution in [2.45, 2.75) is 52.5 Å². The number of amides is 1. The fraction of sp³-hybridized carbons (Fsp3) is 0.333. The Morgan fingerprint density at radius 3 is 2.49 bits per heavy atom. The first kappa shape index (κ1) is 26.5. The minimum atomic E-state index is -0.564. The van der Waals surface area contributed by atoms with Gasteiger partial charge >= 0.3 is 0 Å². The molecule has 6 nitrogen and oxygen atoms in total. The van der Waals surface area contributed by atoms with E-state index in [1.54, 1.807) is 12.0 Å². The Hall–Kier alpha value is -4.06. The molecule has 1 amide bonds. The maximum atomic E-state index is 14.0. The van der Waals surface area contributed by atoms with Crippen molar-refractivity contribution < 1.29 is 18.7 Å². The molecule has 2 heterocycles. The maximum absolute atomic E-state index is 14.0. The zero-order valence-corrected chi connectivity index (χ0v) is 23.1. The molecule has 6 heteroatoms. The predicted molar refractivity (Wildman–Crippen MR) is 153 cm³/mol. The van der Waals surface area contributed by atoms with Crippen molar-refractivity contribution in [2.75, 3.05) is 20.3 Å². The molecule has 1 unspecified atom stereocenters. The molecule has 1 aliphatic heterocycles. The lowest BCUT2D eigenvalue weighted by molar-refractivity contribution is 0.0729. The Balaban J connectivity index is 1.56. The minimum Gasteiger partial charge on any atom is -0.497 e. The van der Waals surface area contributed by atoms with E-state index in [1.807, 2.05) is 74.5 Å². The number of carbonyl (C=O) groups excluding carboxylic acids is 1. The quantitative estimate of drug-likeness (QED) is 0.214. The first-order valence-corrected chi connectivity index (χ1v) is 13.7. The monoisotopic (exact) mass is 525 g/mol. The molecule has 1 aliphatic rings. The van der Waals surface area contributed by atoms with Gasteiger partial charge in [0.15, 0.2) is 5.43 Å². The number of carbonyl (C=O) groups is 1. The number of benzene rings is 3. The summed E-state index contributed by atoms with van der Waals surface area (Å²) in [6.07, 6.45) is 3.83. The Kier molecular flexibility index (Phi) is 7.73. The van der Waals surface area contributed by atoms with Gasteiger partial charge in [-0.2, -0.15) is 0 Å². The standard InChI is InChI=1S/C33H35NO5/c1-5-6-7-17-38-26-10-8-9-24(20-26)29-28-30(35)27-19-21(2)18-22(3)31(27)39-32(28)33(36)34(29)16-15-23-11-13-25(37-4)14-12-23/h8-14,18-20,29H,5-7,15-17H2,1-4H3.